The molecular formula is C15H27NO4. The molecule has 0 aromatic heterocycles. The number of ether oxygens (including phenoxy) is 2. The van der Waals surface area contributed by atoms with Gasteiger partial charge in [0.05, 0.1) is 12.2 Å². The van der Waals surface area contributed by atoms with Gasteiger partial charge in [0, 0.05) is 38.1 Å². The number of rotatable bonds is 6. The molecule has 0 bridgehead atoms. The SMILES string of the molecule is CC(C)N(CCCC(=O)O)C1CCOC2(CCOC2)C1. The van der Waals surface area contributed by atoms with Gasteiger partial charge < -0.3 is 14.6 Å². The minimum atomic E-state index is -0.707. The molecule has 0 aromatic carbocycles. The van der Waals surface area contributed by atoms with Crippen LogP contribution in [0.5, 0.6) is 0 Å². The van der Waals surface area contributed by atoms with Crippen LogP contribution < -0.4 is 0 Å². The fourth-order valence-electron chi connectivity index (χ4n) is 3.42. The van der Waals surface area contributed by atoms with E-state index in [2.05, 4.69) is 18.7 Å². The Hall–Kier alpha value is -0.650. The predicted molar refractivity (Wildman–Crippen MR) is 75.9 cm³/mol. The summed E-state index contributed by atoms with van der Waals surface area (Å²) < 4.78 is 11.5. The van der Waals surface area contributed by atoms with Crippen molar-refractivity contribution < 1.29 is 19.4 Å². The second-order valence-corrected chi connectivity index (χ2v) is 6.31. The molecule has 5 nitrogen and oxygen atoms in total. The van der Waals surface area contributed by atoms with Gasteiger partial charge in [-0.25, -0.2) is 0 Å². The van der Waals surface area contributed by atoms with E-state index in [0.29, 0.717) is 25.1 Å². The van der Waals surface area contributed by atoms with Crippen LogP contribution >= 0.6 is 0 Å². The quantitative estimate of drug-likeness (QED) is 0.807. The number of carbonyl (C=O) groups is 1. The third-order valence-electron chi connectivity index (χ3n) is 4.47. The fraction of sp³-hybridized carbons (Fsp3) is 0.933. The van der Waals surface area contributed by atoms with E-state index in [4.69, 9.17) is 14.6 Å². The first-order valence-electron chi connectivity index (χ1n) is 7.72. The predicted octanol–water partition coefficient (Wildman–Crippen LogP) is 1.90. The molecule has 2 fully saturated rings. The van der Waals surface area contributed by atoms with Crippen molar-refractivity contribution in [2.24, 2.45) is 0 Å². The average Bonchev–Trinajstić information content (AvgIpc) is 2.82. The highest BCUT2D eigenvalue weighted by Gasteiger charge is 2.42. The van der Waals surface area contributed by atoms with Gasteiger partial charge in [0.25, 0.3) is 0 Å². The van der Waals surface area contributed by atoms with Crippen LogP contribution in [0.4, 0.5) is 0 Å². The first kappa shape index (κ1) is 15.7. The van der Waals surface area contributed by atoms with Gasteiger partial charge in [0.1, 0.15) is 0 Å². The normalized spacial score (nSPS) is 30.5. The molecular weight excluding hydrogens is 258 g/mol. The zero-order chi connectivity index (χ0) is 14.6. The largest absolute Gasteiger partial charge is 0.481 e. The molecule has 0 aliphatic carbocycles. The summed E-state index contributed by atoms with van der Waals surface area (Å²) in [6.07, 6.45) is 4.00. The maximum atomic E-state index is 10.7. The highest BCUT2D eigenvalue weighted by molar-refractivity contribution is 5.66. The average molecular weight is 285 g/mol. The lowest BCUT2D eigenvalue weighted by Gasteiger charge is -2.44. The summed E-state index contributed by atoms with van der Waals surface area (Å²) in [4.78, 5) is 13.1. The van der Waals surface area contributed by atoms with Crippen molar-refractivity contribution in [1.82, 2.24) is 4.90 Å². The lowest BCUT2D eigenvalue weighted by molar-refractivity contribution is -0.137. The van der Waals surface area contributed by atoms with E-state index in [1.807, 2.05) is 0 Å². The number of carboxylic acid groups (broad SMARTS) is 1. The number of carboxylic acids is 1. The van der Waals surface area contributed by atoms with Crippen molar-refractivity contribution in [1.29, 1.82) is 0 Å². The Labute approximate surface area is 121 Å². The van der Waals surface area contributed by atoms with E-state index in [9.17, 15) is 4.79 Å². The second-order valence-electron chi connectivity index (χ2n) is 6.31. The van der Waals surface area contributed by atoms with E-state index >= 15 is 0 Å². The van der Waals surface area contributed by atoms with E-state index in [1.165, 1.54) is 0 Å². The number of hydrogen-bond acceptors (Lipinski definition) is 4. The Morgan fingerprint density at radius 3 is 2.85 bits per heavy atom. The lowest BCUT2D eigenvalue weighted by atomic mass is 9.88. The molecule has 2 atom stereocenters. The first-order valence-corrected chi connectivity index (χ1v) is 7.72. The van der Waals surface area contributed by atoms with Gasteiger partial charge in [-0.05, 0) is 39.7 Å². The standard InChI is InChI=1S/C15H27NO4/c1-12(2)16(7-3-4-14(17)18)13-5-8-20-15(10-13)6-9-19-11-15/h12-13H,3-11H2,1-2H3,(H,17,18). The van der Waals surface area contributed by atoms with Crippen LogP contribution in [0.25, 0.3) is 0 Å². The summed E-state index contributed by atoms with van der Waals surface area (Å²) in [5, 5.41) is 8.79. The minimum absolute atomic E-state index is 0.0805. The third kappa shape index (κ3) is 3.93. The van der Waals surface area contributed by atoms with Crippen molar-refractivity contribution in [3.05, 3.63) is 0 Å². The molecule has 2 rings (SSSR count). The van der Waals surface area contributed by atoms with Crippen LogP contribution in [-0.4, -0.2) is 60.0 Å². The van der Waals surface area contributed by atoms with Gasteiger partial charge in [0.2, 0.25) is 0 Å². The van der Waals surface area contributed by atoms with Crippen LogP contribution in [0.1, 0.15) is 46.0 Å². The van der Waals surface area contributed by atoms with Crippen LogP contribution in [0.2, 0.25) is 0 Å². The minimum Gasteiger partial charge on any atom is -0.481 e. The Bertz CT molecular complexity index is 326. The van der Waals surface area contributed by atoms with E-state index < -0.39 is 5.97 Å². The molecule has 0 saturated carbocycles. The number of nitrogens with zero attached hydrogens (tertiary/aromatic N) is 1. The topological polar surface area (TPSA) is 59.0 Å². The molecule has 2 aliphatic heterocycles. The van der Waals surface area contributed by atoms with Crippen LogP contribution in [0.3, 0.4) is 0 Å². The number of hydrogen-bond donors (Lipinski definition) is 1. The van der Waals surface area contributed by atoms with Gasteiger partial charge in [-0.1, -0.05) is 0 Å². The van der Waals surface area contributed by atoms with Crippen molar-refractivity contribution in [2.45, 2.75) is 63.6 Å². The summed E-state index contributed by atoms with van der Waals surface area (Å²) >= 11 is 0. The van der Waals surface area contributed by atoms with E-state index in [-0.39, 0.29) is 12.0 Å². The monoisotopic (exact) mass is 285 g/mol. The summed E-state index contributed by atoms with van der Waals surface area (Å²) in [5.41, 5.74) is -0.0805. The van der Waals surface area contributed by atoms with Gasteiger partial charge in [0.15, 0.2) is 0 Å². The summed E-state index contributed by atoms with van der Waals surface area (Å²) in [7, 11) is 0. The highest BCUT2D eigenvalue weighted by Crippen LogP contribution is 2.35. The fourth-order valence-corrected chi connectivity index (χ4v) is 3.42. The smallest absolute Gasteiger partial charge is 0.303 e. The molecule has 2 unspecified atom stereocenters. The maximum Gasteiger partial charge on any atom is 0.303 e. The molecule has 20 heavy (non-hydrogen) atoms. The second kappa shape index (κ2) is 6.87. The van der Waals surface area contributed by atoms with Crippen LogP contribution in [0, 0.1) is 0 Å². The molecule has 0 radical (unpaired) electrons. The van der Waals surface area contributed by atoms with Gasteiger partial charge >= 0.3 is 5.97 Å². The maximum absolute atomic E-state index is 10.7. The summed E-state index contributed by atoms with van der Waals surface area (Å²) in [5.74, 6) is -0.707. The van der Waals surface area contributed by atoms with Crippen LogP contribution in [-0.2, 0) is 14.3 Å². The van der Waals surface area contributed by atoms with Crippen molar-refractivity contribution in [3.63, 3.8) is 0 Å². The van der Waals surface area contributed by atoms with Gasteiger partial charge in [-0.15, -0.1) is 0 Å². The molecule has 2 aliphatic rings. The zero-order valence-electron chi connectivity index (χ0n) is 12.6. The van der Waals surface area contributed by atoms with E-state index in [0.717, 1.165) is 39.0 Å². The first-order chi connectivity index (χ1) is 9.52. The van der Waals surface area contributed by atoms with E-state index in [1.54, 1.807) is 0 Å². The van der Waals surface area contributed by atoms with Gasteiger partial charge in [-0.2, -0.15) is 0 Å². The van der Waals surface area contributed by atoms with Crippen molar-refractivity contribution >= 4 is 5.97 Å². The highest BCUT2D eigenvalue weighted by atomic mass is 16.6. The Morgan fingerprint density at radius 1 is 1.45 bits per heavy atom. The Kier molecular flexibility index (Phi) is 5.41. The molecule has 0 aromatic rings. The molecule has 116 valence electrons. The molecule has 2 saturated heterocycles. The zero-order valence-corrected chi connectivity index (χ0v) is 12.6. The molecule has 1 spiro atoms. The lowest BCUT2D eigenvalue weighted by Crippen LogP contribution is -2.51. The summed E-state index contributed by atoms with van der Waals surface area (Å²) in [6.45, 7) is 7.53. The Balaban J connectivity index is 1.92. The Morgan fingerprint density at radius 2 is 2.25 bits per heavy atom. The molecule has 2 heterocycles. The third-order valence-corrected chi connectivity index (χ3v) is 4.47. The molecule has 0 amide bonds. The molecule has 5 heteroatoms. The number of aliphatic carboxylic acids is 1. The summed E-state index contributed by atoms with van der Waals surface area (Å²) in [6, 6.07) is 0.922. The van der Waals surface area contributed by atoms with Crippen molar-refractivity contribution in [2.75, 3.05) is 26.4 Å². The van der Waals surface area contributed by atoms with Gasteiger partial charge in [-0.3, -0.25) is 9.69 Å². The molecule has 1 N–H and O–H groups in total. The van der Waals surface area contributed by atoms with Crippen molar-refractivity contribution in [3.8, 4) is 0 Å². The van der Waals surface area contributed by atoms with Crippen LogP contribution in [0.15, 0.2) is 0 Å².